The molecule has 1 aromatic heterocycles. The third kappa shape index (κ3) is 4.00. The van der Waals surface area contributed by atoms with Crippen molar-refractivity contribution in [1.29, 1.82) is 0 Å². The summed E-state index contributed by atoms with van der Waals surface area (Å²) < 4.78 is 25.5. The Labute approximate surface area is 192 Å². The molecular formula is C23H26ClN3O4S. The van der Waals surface area contributed by atoms with Gasteiger partial charge in [0, 0.05) is 12.4 Å². The lowest BCUT2D eigenvalue weighted by molar-refractivity contribution is -0.119. The average molecular weight is 476 g/mol. The molecular weight excluding hydrogens is 450 g/mol. The normalized spacial score (nSPS) is 13.2. The number of aromatic nitrogens is 1. The third-order valence-corrected chi connectivity index (χ3v) is 8.54. The Morgan fingerprint density at radius 1 is 1.12 bits per heavy atom. The number of carbonyl (C=O) groups is 2. The molecule has 3 rings (SSSR count). The number of rotatable bonds is 6. The minimum Gasteiger partial charge on any atom is -0.368 e. The summed E-state index contributed by atoms with van der Waals surface area (Å²) in [5, 5.41) is 4.31. The molecule has 2 amide bonds. The molecule has 2 aromatic carbocycles. The van der Waals surface area contributed by atoms with Gasteiger partial charge in [-0.2, -0.15) is 0 Å². The second-order valence-corrected chi connectivity index (χ2v) is 11.3. The van der Waals surface area contributed by atoms with Crippen molar-refractivity contribution in [3.8, 4) is 0 Å². The smallest absolute Gasteiger partial charge is 0.268 e. The van der Waals surface area contributed by atoms with Crippen LogP contribution in [-0.4, -0.2) is 29.5 Å². The van der Waals surface area contributed by atoms with Crippen molar-refractivity contribution in [1.82, 2.24) is 9.88 Å². The summed E-state index contributed by atoms with van der Waals surface area (Å²) in [4.78, 5) is 24.5. The molecule has 9 heteroatoms. The van der Waals surface area contributed by atoms with E-state index in [0.29, 0.717) is 16.3 Å². The Hall–Kier alpha value is -2.84. The SMILES string of the molecule is Cc1cc(Cl)c2cc(C(=O)NC(C)c3ccc(S(=O)(=O)C(C)(C)C(N)=O)cc3)n(C)c2c1. The van der Waals surface area contributed by atoms with E-state index in [1.807, 2.05) is 19.1 Å². The number of halogens is 1. The number of aryl methyl sites for hydroxylation is 2. The molecule has 0 saturated heterocycles. The summed E-state index contributed by atoms with van der Waals surface area (Å²) in [7, 11) is -2.15. The quantitative estimate of drug-likeness (QED) is 0.566. The number of nitrogens with zero attached hydrogens (tertiary/aromatic N) is 1. The van der Waals surface area contributed by atoms with Gasteiger partial charge in [-0.05, 0) is 69.2 Å². The second-order valence-electron chi connectivity index (χ2n) is 8.41. The van der Waals surface area contributed by atoms with Gasteiger partial charge in [0.15, 0.2) is 9.84 Å². The molecule has 32 heavy (non-hydrogen) atoms. The van der Waals surface area contributed by atoms with E-state index in [0.717, 1.165) is 16.5 Å². The molecule has 170 valence electrons. The van der Waals surface area contributed by atoms with Crippen LogP contribution in [0.2, 0.25) is 5.02 Å². The van der Waals surface area contributed by atoms with E-state index in [1.54, 1.807) is 36.7 Å². The highest BCUT2D eigenvalue weighted by Crippen LogP contribution is 2.29. The van der Waals surface area contributed by atoms with Crippen molar-refractivity contribution in [3.63, 3.8) is 0 Å². The van der Waals surface area contributed by atoms with Crippen LogP contribution in [0.3, 0.4) is 0 Å². The first kappa shape index (κ1) is 23.8. The molecule has 3 aromatic rings. The van der Waals surface area contributed by atoms with Gasteiger partial charge in [-0.1, -0.05) is 23.7 Å². The first-order valence-corrected chi connectivity index (χ1v) is 11.8. The monoisotopic (exact) mass is 475 g/mol. The Kier molecular flexibility index (Phi) is 6.14. The lowest BCUT2D eigenvalue weighted by Crippen LogP contribution is -2.45. The Balaban J connectivity index is 1.84. The predicted octanol–water partition coefficient (Wildman–Crippen LogP) is 3.67. The average Bonchev–Trinajstić information content (AvgIpc) is 3.04. The van der Waals surface area contributed by atoms with E-state index in [2.05, 4.69) is 5.32 Å². The van der Waals surface area contributed by atoms with Gasteiger partial charge in [0.05, 0.1) is 21.5 Å². The first-order valence-electron chi connectivity index (χ1n) is 9.98. The number of primary amides is 1. The maximum absolute atomic E-state index is 12.9. The molecule has 1 unspecified atom stereocenters. The standard InChI is InChI=1S/C23H26ClN3O4S/c1-13-10-18(24)17-12-20(27(5)19(17)11-13)21(28)26-14(2)15-6-8-16(9-7-15)32(30,31)23(3,4)22(25)29/h6-12,14H,1-5H3,(H2,25,29)(H,26,28). The first-order chi connectivity index (χ1) is 14.8. The molecule has 1 atom stereocenters. The number of benzene rings is 2. The molecule has 7 nitrogen and oxygen atoms in total. The summed E-state index contributed by atoms with van der Waals surface area (Å²) in [6.45, 7) is 6.29. The van der Waals surface area contributed by atoms with Crippen molar-refractivity contribution in [2.45, 2.75) is 43.4 Å². The zero-order valence-electron chi connectivity index (χ0n) is 18.6. The van der Waals surface area contributed by atoms with Gasteiger partial charge in [-0.3, -0.25) is 9.59 Å². The van der Waals surface area contributed by atoms with Gasteiger partial charge < -0.3 is 15.6 Å². The topological polar surface area (TPSA) is 111 Å². The summed E-state index contributed by atoms with van der Waals surface area (Å²) in [6, 6.07) is 11.2. The number of hydrogen-bond donors (Lipinski definition) is 2. The van der Waals surface area contributed by atoms with E-state index in [4.69, 9.17) is 17.3 Å². The van der Waals surface area contributed by atoms with Crippen LogP contribution >= 0.6 is 11.6 Å². The molecule has 0 aliphatic heterocycles. The van der Waals surface area contributed by atoms with E-state index in [-0.39, 0.29) is 10.8 Å². The van der Waals surface area contributed by atoms with Crippen LogP contribution in [0, 0.1) is 6.92 Å². The van der Waals surface area contributed by atoms with Crippen LogP contribution in [-0.2, 0) is 21.7 Å². The fourth-order valence-corrected chi connectivity index (χ4v) is 5.13. The second kappa shape index (κ2) is 8.26. The van der Waals surface area contributed by atoms with Crippen molar-refractivity contribution in [3.05, 3.63) is 64.3 Å². The number of amides is 2. The minimum atomic E-state index is -3.95. The lowest BCUT2D eigenvalue weighted by atomic mass is 10.1. The molecule has 0 fully saturated rings. The van der Waals surface area contributed by atoms with Gasteiger partial charge in [-0.25, -0.2) is 8.42 Å². The maximum Gasteiger partial charge on any atom is 0.268 e. The van der Waals surface area contributed by atoms with Crippen LogP contribution in [0.25, 0.3) is 10.9 Å². The maximum atomic E-state index is 12.9. The van der Waals surface area contributed by atoms with E-state index in [9.17, 15) is 18.0 Å². The highest BCUT2D eigenvalue weighted by molar-refractivity contribution is 7.93. The van der Waals surface area contributed by atoms with E-state index in [1.165, 1.54) is 26.0 Å². The Morgan fingerprint density at radius 3 is 2.28 bits per heavy atom. The number of hydrogen-bond acceptors (Lipinski definition) is 4. The molecule has 0 bridgehead atoms. The molecule has 0 radical (unpaired) electrons. The van der Waals surface area contributed by atoms with Crippen LogP contribution in [0.1, 0.15) is 48.4 Å². The van der Waals surface area contributed by atoms with E-state index < -0.39 is 26.5 Å². The molecule has 0 aliphatic carbocycles. The lowest BCUT2D eigenvalue weighted by Gasteiger charge is -2.21. The van der Waals surface area contributed by atoms with Gasteiger partial charge >= 0.3 is 0 Å². The highest BCUT2D eigenvalue weighted by atomic mass is 35.5. The van der Waals surface area contributed by atoms with Crippen molar-refractivity contribution < 1.29 is 18.0 Å². The number of nitrogens with two attached hydrogens (primary N) is 1. The molecule has 0 aliphatic rings. The van der Waals surface area contributed by atoms with Gasteiger partial charge in [0.1, 0.15) is 10.4 Å². The zero-order chi connectivity index (χ0) is 24.0. The van der Waals surface area contributed by atoms with Gasteiger partial charge in [0.25, 0.3) is 5.91 Å². The van der Waals surface area contributed by atoms with Gasteiger partial charge in [-0.15, -0.1) is 0 Å². The summed E-state index contributed by atoms with van der Waals surface area (Å²) in [5.41, 5.74) is 8.29. The van der Waals surface area contributed by atoms with Crippen LogP contribution < -0.4 is 11.1 Å². The van der Waals surface area contributed by atoms with Crippen molar-refractivity contribution in [2.24, 2.45) is 12.8 Å². The number of sulfone groups is 1. The fourth-order valence-electron chi connectivity index (χ4n) is 3.45. The molecule has 0 spiro atoms. The zero-order valence-corrected chi connectivity index (χ0v) is 20.1. The summed E-state index contributed by atoms with van der Waals surface area (Å²) in [5.74, 6) is -1.20. The number of fused-ring (bicyclic) bond motifs is 1. The van der Waals surface area contributed by atoms with Gasteiger partial charge in [0.2, 0.25) is 5.91 Å². The van der Waals surface area contributed by atoms with Crippen LogP contribution in [0.4, 0.5) is 0 Å². The largest absolute Gasteiger partial charge is 0.368 e. The number of carbonyl (C=O) groups excluding carboxylic acids is 2. The Bertz CT molecular complexity index is 1330. The van der Waals surface area contributed by atoms with Crippen LogP contribution in [0.5, 0.6) is 0 Å². The summed E-state index contributed by atoms with van der Waals surface area (Å²) >= 11 is 6.33. The summed E-state index contributed by atoms with van der Waals surface area (Å²) in [6.07, 6.45) is 0. The van der Waals surface area contributed by atoms with Crippen LogP contribution in [0.15, 0.2) is 47.4 Å². The Morgan fingerprint density at radius 2 is 1.72 bits per heavy atom. The van der Waals surface area contributed by atoms with Crippen molar-refractivity contribution in [2.75, 3.05) is 0 Å². The highest BCUT2D eigenvalue weighted by Gasteiger charge is 2.41. The molecule has 0 saturated carbocycles. The third-order valence-electron chi connectivity index (χ3n) is 5.79. The predicted molar refractivity (Wildman–Crippen MR) is 125 cm³/mol. The fraction of sp³-hybridized carbons (Fsp3) is 0.304. The molecule has 3 N–H and O–H groups in total. The van der Waals surface area contributed by atoms with E-state index >= 15 is 0 Å². The number of nitrogens with one attached hydrogen (secondary N) is 1. The van der Waals surface area contributed by atoms with Crippen molar-refractivity contribution >= 4 is 44.2 Å². The minimum absolute atomic E-state index is 0.0118. The molecule has 1 heterocycles.